The fourth-order valence-corrected chi connectivity index (χ4v) is 5.08. The van der Waals surface area contributed by atoms with Crippen molar-refractivity contribution in [3.8, 4) is 34.5 Å². The zero-order valence-corrected chi connectivity index (χ0v) is 20.8. The third kappa shape index (κ3) is 4.83. The second-order valence-corrected chi connectivity index (χ2v) is 9.57. The number of rotatable bonds is 3. The highest BCUT2D eigenvalue weighted by Gasteiger charge is 2.23. The molecular formula is C29H31N5O2. The van der Waals surface area contributed by atoms with Crippen molar-refractivity contribution < 1.29 is 9.84 Å². The highest BCUT2D eigenvalue weighted by molar-refractivity contribution is 5.82. The first-order valence-electron chi connectivity index (χ1n) is 12.5. The number of piperidine rings is 1. The third-order valence-corrected chi connectivity index (χ3v) is 6.99. The number of methoxy groups -OCH3 is 1. The number of hydrogen-bond acceptors (Lipinski definition) is 6. The second kappa shape index (κ2) is 10.5. The minimum Gasteiger partial charge on any atom is -0.479 e. The van der Waals surface area contributed by atoms with E-state index in [4.69, 9.17) is 15.0 Å². The fraction of sp³-hybridized carbons (Fsp3) is 0.345. The van der Waals surface area contributed by atoms with E-state index in [0.717, 1.165) is 33.6 Å². The summed E-state index contributed by atoms with van der Waals surface area (Å²) in [5, 5.41) is 19.2. The number of aliphatic hydroxyl groups excluding tert-OH is 1. The number of imidazole rings is 1. The van der Waals surface area contributed by atoms with E-state index in [0.29, 0.717) is 24.3 Å². The lowest BCUT2D eigenvalue weighted by atomic mass is 9.99. The molecule has 1 N–H and O–H groups in total. The van der Waals surface area contributed by atoms with E-state index < -0.39 is 0 Å². The van der Waals surface area contributed by atoms with Crippen molar-refractivity contribution >= 4 is 5.52 Å². The molecule has 4 aromatic rings. The van der Waals surface area contributed by atoms with Gasteiger partial charge in [-0.1, -0.05) is 30.7 Å². The molecule has 1 fully saturated rings. The highest BCUT2D eigenvalue weighted by atomic mass is 16.5. The molecule has 0 spiro atoms. The van der Waals surface area contributed by atoms with Crippen molar-refractivity contribution in [2.24, 2.45) is 0 Å². The normalized spacial score (nSPS) is 17.2. The molecule has 0 radical (unpaired) electrons. The molecule has 1 aliphatic carbocycles. The van der Waals surface area contributed by atoms with Crippen LogP contribution in [-0.4, -0.2) is 57.7 Å². The Labute approximate surface area is 211 Å². The molecule has 1 saturated heterocycles. The predicted molar refractivity (Wildman–Crippen MR) is 140 cm³/mol. The molecule has 3 heterocycles. The zero-order chi connectivity index (χ0) is 25.1. The molecular weight excluding hydrogens is 450 g/mol. The molecule has 0 bridgehead atoms. The van der Waals surface area contributed by atoms with Crippen LogP contribution >= 0.6 is 0 Å². The number of likely N-dealkylation sites (tertiary alicyclic amines) is 1. The van der Waals surface area contributed by atoms with E-state index >= 15 is 0 Å². The molecule has 7 heteroatoms. The van der Waals surface area contributed by atoms with E-state index in [1.165, 1.54) is 37.9 Å². The number of fused-ring (bicyclic) bond motifs is 2. The van der Waals surface area contributed by atoms with Crippen LogP contribution in [-0.2, 0) is 12.8 Å². The Kier molecular flexibility index (Phi) is 6.99. The van der Waals surface area contributed by atoms with Gasteiger partial charge in [-0.3, -0.25) is 4.40 Å². The Bertz CT molecular complexity index is 1400. The molecule has 6 rings (SSSR count). The summed E-state index contributed by atoms with van der Waals surface area (Å²) in [6.07, 6.45) is 8.79. The Hall–Kier alpha value is -3.73. The largest absolute Gasteiger partial charge is 0.479 e. The van der Waals surface area contributed by atoms with Gasteiger partial charge in [-0.2, -0.15) is 5.26 Å². The van der Waals surface area contributed by atoms with Gasteiger partial charge in [0.25, 0.3) is 0 Å². The number of benzene rings is 2. The Morgan fingerprint density at radius 2 is 1.72 bits per heavy atom. The van der Waals surface area contributed by atoms with Crippen molar-refractivity contribution in [1.82, 2.24) is 19.3 Å². The van der Waals surface area contributed by atoms with Gasteiger partial charge in [0.05, 0.1) is 48.8 Å². The minimum absolute atomic E-state index is 0.319. The van der Waals surface area contributed by atoms with Crippen LogP contribution in [0.2, 0.25) is 0 Å². The predicted octanol–water partition coefficient (Wildman–Crippen LogP) is 4.51. The van der Waals surface area contributed by atoms with Crippen LogP contribution in [0.15, 0.2) is 55.0 Å². The Morgan fingerprint density at radius 1 is 1.00 bits per heavy atom. The zero-order valence-electron chi connectivity index (χ0n) is 20.8. The van der Waals surface area contributed by atoms with Crippen molar-refractivity contribution in [3.05, 3.63) is 71.7 Å². The first kappa shape index (κ1) is 24.0. The van der Waals surface area contributed by atoms with Crippen LogP contribution in [0.4, 0.5) is 0 Å². The standard InChI is InChI=1S/C23H18N4O2.C6H13N/c1-29-23-20-12-25-13-27(20)22(17-7-6-16-9-19(28)10-18(16)8-17)21(26-23)15-4-2-14(11-24)3-5-15;1-7-5-3-2-4-6-7/h2-8,12-13,19,28H,9-10H2,1H3;2-6H2,1H3. The van der Waals surface area contributed by atoms with Crippen molar-refractivity contribution in [1.29, 1.82) is 5.26 Å². The molecule has 1 aliphatic heterocycles. The number of aliphatic hydroxyl groups is 1. The molecule has 2 aromatic heterocycles. The van der Waals surface area contributed by atoms with E-state index in [2.05, 4.69) is 41.2 Å². The van der Waals surface area contributed by atoms with Gasteiger partial charge in [0, 0.05) is 11.1 Å². The fourth-order valence-electron chi connectivity index (χ4n) is 5.08. The Balaban J connectivity index is 0.000000330. The van der Waals surface area contributed by atoms with Gasteiger partial charge >= 0.3 is 0 Å². The van der Waals surface area contributed by atoms with E-state index in [-0.39, 0.29) is 6.10 Å². The van der Waals surface area contributed by atoms with Crippen LogP contribution in [0, 0.1) is 11.3 Å². The molecule has 36 heavy (non-hydrogen) atoms. The number of nitrogens with zero attached hydrogens (tertiary/aromatic N) is 5. The SMILES string of the molecule is CN1CCCCC1.COc1nc(-c2ccc(C#N)cc2)c(-c2ccc3c(c2)CC(O)C3)n2cncc12. The van der Waals surface area contributed by atoms with Gasteiger partial charge in [0.1, 0.15) is 5.52 Å². The minimum atomic E-state index is -0.319. The highest BCUT2D eigenvalue weighted by Crippen LogP contribution is 2.36. The first-order chi connectivity index (χ1) is 17.6. The maximum absolute atomic E-state index is 10.0. The first-order valence-corrected chi connectivity index (χ1v) is 12.5. The third-order valence-electron chi connectivity index (χ3n) is 6.99. The van der Waals surface area contributed by atoms with Gasteiger partial charge < -0.3 is 14.7 Å². The average molecular weight is 482 g/mol. The van der Waals surface area contributed by atoms with Crippen LogP contribution in [0.25, 0.3) is 28.0 Å². The summed E-state index contributed by atoms with van der Waals surface area (Å²) in [4.78, 5) is 11.5. The van der Waals surface area contributed by atoms with Crippen molar-refractivity contribution in [3.63, 3.8) is 0 Å². The van der Waals surface area contributed by atoms with E-state index in [9.17, 15) is 5.11 Å². The van der Waals surface area contributed by atoms with Gasteiger partial charge in [-0.15, -0.1) is 0 Å². The Morgan fingerprint density at radius 3 is 2.39 bits per heavy atom. The molecule has 184 valence electrons. The summed E-state index contributed by atoms with van der Waals surface area (Å²) in [6, 6.07) is 15.8. The average Bonchev–Trinajstić information content (AvgIpc) is 3.54. The van der Waals surface area contributed by atoms with Gasteiger partial charge in [0.2, 0.25) is 5.88 Å². The summed E-state index contributed by atoms with van der Waals surface area (Å²) in [5.41, 5.74) is 7.23. The van der Waals surface area contributed by atoms with Crippen molar-refractivity contribution in [2.75, 3.05) is 27.2 Å². The van der Waals surface area contributed by atoms with Gasteiger partial charge in [-0.05, 0) is 75.1 Å². The molecule has 1 unspecified atom stereocenters. The number of ether oxygens (including phenoxy) is 1. The van der Waals surface area contributed by atoms with Gasteiger partial charge in [-0.25, -0.2) is 9.97 Å². The van der Waals surface area contributed by atoms with Crippen LogP contribution < -0.4 is 4.74 Å². The van der Waals surface area contributed by atoms with Crippen molar-refractivity contribution in [2.45, 2.75) is 38.2 Å². The molecule has 0 amide bonds. The lowest BCUT2D eigenvalue weighted by Gasteiger charge is -2.20. The number of hydrogen-bond donors (Lipinski definition) is 1. The summed E-state index contributed by atoms with van der Waals surface area (Å²) >= 11 is 0. The summed E-state index contributed by atoms with van der Waals surface area (Å²) < 4.78 is 7.49. The second-order valence-electron chi connectivity index (χ2n) is 9.57. The molecule has 2 aliphatic rings. The van der Waals surface area contributed by atoms with Crippen LogP contribution in [0.1, 0.15) is 36.0 Å². The molecule has 1 atom stereocenters. The maximum Gasteiger partial charge on any atom is 0.240 e. The quantitative estimate of drug-likeness (QED) is 0.464. The summed E-state index contributed by atoms with van der Waals surface area (Å²) in [6.45, 7) is 2.64. The maximum atomic E-state index is 10.0. The van der Waals surface area contributed by atoms with E-state index in [1.54, 1.807) is 31.8 Å². The monoisotopic (exact) mass is 481 g/mol. The molecule has 7 nitrogen and oxygen atoms in total. The number of nitriles is 1. The molecule has 0 saturated carbocycles. The summed E-state index contributed by atoms with van der Waals surface area (Å²) in [5.74, 6) is 0.488. The number of aromatic nitrogens is 3. The van der Waals surface area contributed by atoms with Gasteiger partial charge in [0.15, 0.2) is 0 Å². The lowest BCUT2D eigenvalue weighted by molar-refractivity contribution is 0.187. The topological polar surface area (TPSA) is 86.7 Å². The van der Waals surface area contributed by atoms with Crippen LogP contribution in [0.3, 0.4) is 0 Å². The lowest BCUT2D eigenvalue weighted by Crippen LogP contribution is -2.24. The summed E-state index contributed by atoms with van der Waals surface area (Å²) in [7, 11) is 3.79. The van der Waals surface area contributed by atoms with Crippen LogP contribution in [0.5, 0.6) is 5.88 Å². The smallest absolute Gasteiger partial charge is 0.240 e. The van der Waals surface area contributed by atoms with E-state index in [1.807, 2.05) is 16.5 Å². The molecule has 2 aromatic carbocycles.